The summed E-state index contributed by atoms with van der Waals surface area (Å²) in [5, 5.41) is 9.29. The van der Waals surface area contributed by atoms with Crippen LogP contribution >= 0.6 is 0 Å². The monoisotopic (exact) mass is 286 g/mol. The number of aliphatic hydroxyl groups excluding tert-OH is 1. The third-order valence-corrected chi connectivity index (χ3v) is 4.15. The third-order valence-electron chi connectivity index (χ3n) is 4.15. The van der Waals surface area contributed by atoms with Crippen molar-refractivity contribution in [2.45, 2.75) is 32.2 Å². The Bertz CT molecular complexity index is 352. The second-order valence-electron chi connectivity index (χ2n) is 5.99. The van der Waals surface area contributed by atoms with Gasteiger partial charge in [0.2, 0.25) is 11.8 Å². The van der Waals surface area contributed by atoms with Crippen molar-refractivity contribution in [2.24, 2.45) is 11.8 Å². The maximum atomic E-state index is 12.2. The Hall–Kier alpha value is -1.18. The van der Waals surface area contributed by atoms with Crippen LogP contribution in [0.15, 0.2) is 0 Å². The number of hydrogen-bond donors (Lipinski definition) is 3. The number of nitrogens with zero attached hydrogens (tertiary/aromatic N) is 2. The highest BCUT2D eigenvalue weighted by molar-refractivity contribution is 5.80. The maximum Gasteiger partial charge on any atom is 0.237 e. The highest BCUT2D eigenvalue weighted by Crippen LogP contribution is 2.18. The van der Waals surface area contributed by atoms with Crippen LogP contribution in [-0.2, 0) is 9.59 Å². The summed E-state index contributed by atoms with van der Waals surface area (Å²) in [6.07, 6.45) is 1.28. The Labute approximate surface area is 120 Å². The molecule has 2 amide bonds. The van der Waals surface area contributed by atoms with Crippen LogP contribution < -0.4 is 11.3 Å². The molecule has 1 aliphatic heterocycles. The summed E-state index contributed by atoms with van der Waals surface area (Å²) < 4.78 is 0. The van der Waals surface area contributed by atoms with E-state index < -0.39 is 5.54 Å². The number of hydrogen-bond acceptors (Lipinski definition) is 5. The highest BCUT2D eigenvalue weighted by atomic mass is 16.3. The van der Waals surface area contributed by atoms with Crippen LogP contribution in [0, 0.1) is 5.92 Å². The Morgan fingerprint density at radius 1 is 1.40 bits per heavy atom. The number of rotatable bonds is 5. The number of nitrogens with two attached hydrogens (primary N) is 1. The zero-order valence-electron chi connectivity index (χ0n) is 12.6. The van der Waals surface area contributed by atoms with Crippen molar-refractivity contribution in [2.75, 3.05) is 33.3 Å². The molecule has 0 radical (unpaired) electrons. The van der Waals surface area contributed by atoms with Gasteiger partial charge in [0, 0.05) is 24.5 Å². The molecule has 0 unspecified atom stereocenters. The first-order chi connectivity index (χ1) is 9.31. The smallest absolute Gasteiger partial charge is 0.237 e. The number of nitrogens with one attached hydrogen (secondary N) is 1. The van der Waals surface area contributed by atoms with Crippen LogP contribution in [0.1, 0.15) is 26.7 Å². The number of carbonyl (C=O) groups excluding carboxylic acids is 2. The van der Waals surface area contributed by atoms with Crippen molar-refractivity contribution >= 4 is 11.8 Å². The first kappa shape index (κ1) is 16.9. The van der Waals surface area contributed by atoms with E-state index in [2.05, 4.69) is 5.43 Å². The van der Waals surface area contributed by atoms with E-state index in [4.69, 9.17) is 5.84 Å². The van der Waals surface area contributed by atoms with Gasteiger partial charge in [-0.05, 0) is 33.7 Å². The molecule has 7 heteroatoms. The predicted octanol–water partition coefficient (Wildman–Crippen LogP) is -1.08. The molecule has 0 aromatic carbocycles. The largest absolute Gasteiger partial charge is 0.394 e. The molecule has 1 heterocycles. The minimum atomic E-state index is -0.423. The van der Waals surface area contributed by atoms with E-state index in [9.17, 15) is 14.7 Å². The summed E-state index contributed by atoms with van der Waals surface area (Å²) in [6.45, 7) is 5.18. The molecule has 0 aliphatic carbocycles. The van der Waals surface area contributed by atoms with Crippen LogP contribution in [0.4, 0.5) is 0 Å². The summed E-state index contributed by atoms with van der Waals surface area (Å²) in [6, 6.07) is 0. The fraction of sp³-hybridized carbons (Fsp3) is 0.846. The Morgan fingerprint density at radius 2 is 1.95 bits per heavy atom. The number of hydrazine groups is 1. The number of carbonyl (C=O) groups is 2. The van der Waals surface area contributed by atoms with E-state index in [0.717, 1.165) is 0 Å². The zero-order valence-corrected chi connectivity index (χ0v) is 12.6. The van der Waals surface area contributed by atoms with Gasteiger partial charge in [-0.2, -0.15) is 0 Å². The molecule has 1 fully saturated rings. The summed E-state index contributed by atoms with van der Waals surface area (Å²) in [5.41, 5.74) is 1.74. The molecule has 0 aromatic rings. The standard InChI is InChI=1S/C13H26N4O3/c1-13(2,9-18)16(3)8-11(19)17-6-4-10(5-7-17)12(20)15-14/h10,18H,4-9,14H2,1-3H3,(H,15,20). The van der Waals surface area contributed by atoms with Crippen molar-refractivity contribution in [3.05, 3.63) is 0 Å². The third kappa shape index (κ3) is 4.16. The molecule has 7 nitrogen and oxygen atoms in total. The summed E-state index contributed by atoms with van der Waals surface area (Å²) in [7, 11) is 1.82. The minimum absolute atomic E-state index is 0.00444. The molecular weight excluding hydrogens is 260 g/mol. The lowest BCUT2D eigenvalue weighted by atomic mass is 9.96. The lowest BCUT2D eigenvalue weighted by Crippen LogP contribution is -2.51. The Kier molecular flexibility index (Phi) is 5.91. The summed E-state index contributed by atoms with van der Waals surface area (Å²) >= 11 is 0. The summed E-state index contributed by atoms with van der Waals surface area (Å²) in [4.78, 5) is 27.2. The molecule has 4 N–H and O–H groups in total. The van der Waals surface area contributed by atoms with Gasteiger partial charge in [-0.15, -0.1) is 0 Å². The van der Waals surface area contributed by atoms with E-state index in [1.165, 1.54) is 0 Å². The van der Waals surface area contributed by atoms with E-state index in [1.54, 1.807) is 4.90 Å². The minimum Gasteiger partial charge on any atom is -0.394 e. The van der Waals surface area contributed by atoms with Crippen molar-refractivity contribution in [3.63, 3.8) is 0 Å². The number of aliphatic hydroxyl groups is 1. The van der Waals surface area contributed by atoms with Gasteiger partial charge in [0.1, 0.15) is 0 Å². The van der Waals surface area contributed by atoms with Crippen LogP contribution in [-0.4, -0.2) is 65.5 Å². The molecule has 0 spiro atoms. The molecule has 0 saturated carbocycles. The number of likely N-dealkylation sites (N-methyl/N-ethyl adjacent to an activating group) is 1. The van der Waals surface area contributed by atoms with Gasteiger partial charge in [0.25, 0.3) is 0 Å². The lowest BCUT2D eigenvalue weighted by Gasteiger charge is -2.36. The maximum absolute atomic E-state index is 12.2. The number of amides is 2. The summed E-state index contributed by atoms with van der Waals surface area (Å²) in [5.74, 6) is 4.89. The van der Waals surface area contributed by atoms with E-state index in [1.807, 2.05) is 25.8 Å². The first-order valence-corrected chi connectivity index (χ1v) is 6.92. The molecule has 0 bridgehead atoms. The van der Waals surface area contributed by atoms with E-state index in [-0.39, 0.29) is 30.9 Å². The van der Waals surface area contributed by atoms with Gasteiger partial charge < -0.3 is 10.0 Å². The topological polar surface area (TPSA) is 98.9 Å². The Balaban J connectivity index is 2.45. The van der Waals surface area contributed by atoms with Crippen molar-refractivity contribution in [3.8, 4) is 0 Å². The van der Waals surface area contributed by atoms with Gasteiger partial charge in [-0.3, -0.25) is 19.9 Å². The lowest BCUT2D eigenvalue weighted by molar-refractivity contribution is -0.137. The van der Waals surface area contributed by atoms with Gasteiger partial charge in [0.05, 0.1) is 13.2 Å². The average molecular weight is 286 g/mol. The molecule has 1 saturated heterocycles. The van der Waals surface area contributed by atoms with Crippen LogP contribution in [0.25, 0.3) is 0 Å². The quantitative estimate of drug-likeness (QED) is 0.339. The first-order valence-electron chi connectivity index (χ1n) is 6.92. The number of piperidine rings is 1. The highest BCUT2D eigenvalue weighted by Gasteiger charge is 2.29. The van der Waals surface area contributed by atoms with Crippen LogP contribution in [0.3, 0.4) is 0 Å². The molecular formula is C13H26N4O3. The van der Waals surface area contributed by atoms with Gasteiger partial charge in [0.15, 0.2) is 0 Å². The number of likely N-dealkylation sites (tertiary alicyclic amines) is 1. The van der Waals surface area contributed by atoms with Gasteiger partial charge in [-0.25, -0.2) is 5.84 Å². The van der Waals surface area contributed by atoms with Gasteiger partial charge in [-0.1, -0.05) is 0 Å². The van der Waals surface area contributed by atoms with Crippen molar-refractivity contribution in [1.29, 1.82) is 0 Å². The average Bonchev–Trinajstić information content (AvgIpc) is 2.46. The Morgan fingerprint density at radius 3 is 2.40 bits per heavy atom. The molecule has 116 valence electrons. The second kappa shape index (κ2) is 7.01. The second-order valence-corrected chi connectivity index (χ2v) is 5.99. The van der Waals surface area contributed by atoms with Crippen molar-refractivity contribution in [1.82, 2.24) is 15.2 Å². The SMILES string of the molecule is CN(CC(=O)N1CCC(C(=O)NN)CC1)C(C)(C)CO. The van der Waals surface area contributed by atoms with E-state index in [0.29, 0.717) is 25.9 Å². The molecule has 0 aromatic heterocycles. The molecule has 1 aliphatic rings. The predicted molar refractivity (Wildman–Crippen MR) is 75.4 cm³/mol. The normalized spacial score (nSPS) is 17.4. The molecule has 0 atom stereocenters. The fourth-order valence-corrected chi connectivity index (χ4v) is 2.15. The van der Waals surface area contributed by atoms with E-state index >= 15 is 0 Å². The van der Waals surface area contributed by atoms with Crippen molar-refractivity contribution < 1.29 is 14.7 Å². The van der Waals surface area contributed by atoms with Crippen LogP contribution in [0.5, 0.6) is 0 Å². The zero-order chi connectivity index (χ0) is 15.3. The molecule has 1 rings (SSSR count). The fourth-order valence-electron chi connectivity index (χ4n) is 2.15. The van der Waals surface area contributed by atoms with Gasteiger partial charge >= 0.3 is 0 Å². The molecule has 20 heavy (non-hydrogen) atoms. The van der Waals surface area contributed by atoms with Crippen LogP contribution in [0.2, 0.25) is 0 Å².